The average Bonchev–Trinajstić information content (AvgIpc) is 3.16. The Morgan fingerprint density at radius 1 is 1.41 bits per heavy atom. The highest BCUT2D eigenvalue weighted by atomic mass is 16.2. The first kappa shape index (κ1) is 17.3. The molecule has 1 amide bonds. The lowest BCUT2D eigenvalue weighted by atomic mass is 10.0. The topological polar surface area (TPSA) is 65.1 Å². The van der Waals surface area contributed by atoms with Gasteiger partial charge in [-0.15, -0.1) is 0 Å². The Bertz CT molecular complexity index is 965. The van der Waals surface area contributed by atoms with Gasteiger partial charge in [-0.25, -0.2) is 4.98 Å². The SMILES string of the molecule is C=CC(=O)N(C)C1CCCN(c2cnc3[nH]cc(-c4ccncc4)c3c2)C1. The summed E-state index contributed by atoms with van der Waals surface area (Å²) in [6.45, 7) is 5.37. The Kier molecular flexibility index (Phi) is 4.62. The summed E-state index contributed by atoms with van der Waals surface area (Å²) in [5.74, 6) is -0.0268. The summed E-state index contributed by atoms with van der Waals surface area (Å²) in [4.78, 5) is 28.0. The van der Waals surface area contributed by atoms with Gasteiger partial charge in [-0.1, -0.05) is 6.58 Å². The number of H-pyrrole nitrogens is 1. The molecule has 1 aliphatic rings. The van der Waals surface area contributed by atoms with E-state index >= 15 is 0 Å². The number of nitrogens with one attached hydrogen (secondary N) is 1. The van der Waals surface area contributed by atoms with Gasteiger partial charge >= 0.3 is 0 Å². The summed E-state index contributed by atoms with van der Waals surface area (Å²) < 4.78 is 0. The first-order valence-corrected chi connectivity index (χ1v) is 9.19. The van der Waals surface area contributed by atoms with Gasteiger partial charge in [-0.2, -0.15) is 0 Å². The third kappa shape index (κ3) is 3.30. The highest BCUT2D eigenvalue weighted by Gasteiger charge is 2.25. The van der Waals surface area contributed by atoms with Crippen LogP contribution in [0.25, 0.3) is 22.2 Å². The number of anilines is 1. The molecule has 1 saturated heterocycles. The molecule has 0 saturated carbocycles. The molecule has 3 aromatic heterocycles. The molecule has 4 heterocycles. The van der Waals surface area contributed by atoms with Crippen LogP contribution in [0, 0.1) is 0 Å². The zero-order valence-corrected chi connectivity index (χ0v) is 15.4. The number of carbonyl (C=O) groups is 1. The van der Waals surface area contributed by atoms with Crippen LogP contribution in [-0.2, 0) is 4.79 Å². The lowest BCUT2D eigenvalue weighted by molar-refractivity contribution is -0.126. The highest BCUT2D eigenvalue weighted by molar-refractivity contribution is 5.95. The van der Waals surface area contributed by atoms with Gasteiger partial charge in [0.15, 0.2) is 0 Å². The minimum absolute atomic E-state index is 0.0268. The standard InChI is InChI=1S/C21H23N5O/c1-3-20(27)25(2)16-5-4-10-26(14-16)17-11-18-19(13-24-21(18)23-12-17)15-6-8-22-9-7-15/h3,6-9,11-13,16H,1,4-5,10,14H2,2H3,(H,23,24). The number of hydrogen-bond donors (Lipinski definition) is 1. The number of rotatable bonds is 4. The maximum Gasteiger partial charge on any atom is 0.246 e. The molecule has 27 heavy (non-hydrogen) atoms. The molecule has 1 fully saturated rings. The molecule has 6 heteroatoms. The van der Waals surface area contributed by atoms with Crippen LogP contribution in [0.5, 0.6) is 0 Å². The zero-order chi connectivity index (χ0) is 18.8. The van der Waals surface area contributed by atoms with Crippen molar-refractivity contribution in [2.45, 2.75) is 18.9 Å². The number of likely N-dealkylation sites (N-methyl/N-ethyl adjacent to an activating group) is 1. The van der Waals surface area contributed by atoms with E-state index < -0.39 is 0 Å². The second-order valence-electron chi connectivity index (χ2n) is 6.92. The molecule has 1 N–H and O–H groups in total. The van der Waals surface area contributed by atoms with Gasteiger partial charge in [0, 0.05) is 55.7 Å². The van der Waals surface area contributed by atoms with E-state index in [2.05, 4.69) is 32.5 Å². The predicted octanol–water partition coefficient (Wildman–Crippen LogP) is 3.24. The molecule has 3 aromatic rings. The lowest BCUT2D eigenvalue weighted by Crippen LogP contribution is -2.48. The summed E-state index contributed by atoms with van der Waals surface area (Å²) in [5.41, 5.74) is 4.19. The van der Waals surface area contributed by atoms with Crippen molar-refractivity contribution >= 4 is 22.6 Å². The predicted molar refractivity (Wildman–Crippen MR) is 108 cm³/mol. The second-order valence-corrected chi connectivity index (χ2v) is 6.92. The van der Waals surface area contributed by atoms with Gasteiger partial charge in [0.25, 0.3) is 0 Å². The smallest absolute Gasteiger partial charge is 0.246 e. The number of amides is 1. The molecule has 1 unspecified atom stereocenters. The molecule has 0 spiro atoms. The molecule has 0 bridgehead atoms. The molecule has 4 rings (SSSR count). The van der Waals surface area contributed by atoms with Crippen LogP contribution >= 0.6 is 0 Å². The van der Waals surface area contributed by atoms with E-state index in [9.17, 15) is 4.79 Å². The minimum Gasteiger partial charge on any atom is -0.368 e. The number of aromatic nitrogens is 3. The lowest BCUT2D eigenvalue weighted by Gasteiger charge is -2.38. The first-order valence-electron chi connectivity index (χ1n) is 9.19. The number of pyridine rings is 2. The minimum atomic E-state index is -0.0268. The van der Waals surface area contributed by atoms with Crippen LogP contribution < -0.4 is 4.90 Å². The Balaban J connectivity index is 1.64. The molecule has 1 aliphatic heterocycles. The summed E-state index contributed by atoms with van der Waals surface area (Å²) in [6.07, 6.45) is 10.9. The van der Waals surface area contributed by atoms with E-state index in [-0.39, 0.29) is 11.9 Å². The number of nitrogens with zero attached hydrogens (tertiary/aromatic N) is 4. The van der Waals surface area contributed by atoms with Gasteiger partial charge in [0.2, 0.25) is 5.91 Å². The average molecular weight is 361 g/mol. The second kappa shape index (κ2) is 7.23. The Morgan fingerprint density at radius 2 is 2.22 bits per heavy atom. The van der Waals surface area contributed by atoms with Crippen molar-refractivity contribution in [2.75, 3.05) is 25.0 Å². The fourth-order valence-corrected chi connectivity index (χ4v) is 3.76. The van der Waals surface area contributed by atoms with Gasteiger partial charge in [0.05, 0.1) is 11.9 Å². The maximum atomic E-state index is 12.0. The monoisotopic (exact) mass is 361 g/mol. The van der Waals surface area contributed by atoms with Crippen LogP contribution in [-0.4, -0.2) is 51.9 Å². The van der Waals surface area contributed by atoms with Crippen molar-refractivity contribution in [2.24, 2.45) is 0 Å². The van der Waals surface area contributed by atoms with E-state index in [1.165, 1.54) is 6.08 Å². The molecule has 0 radical (unpaired) electrons. The van der Waals surface area contributed by atoms with E-state index in [0.29, 0.717) is 0 Å². The summed E-state index contributed by atoms with van der Waals surface area (Å²) in [7, 11) is 1.85. The van der Waals surface area contributed by atoms with Crippen molar-refractivity contribution in [1.29, 1.82) is 0 Å². The molecule has 1 atom stereocenters. The van der Waals surface area contributed by atoms with Gasteiger partial charge < -0.3 is 14.8 Å². The third-order valence-corrected chi connectivity index (χ3v) is 5.34. The quantitative estimate of drug-likeness (QED) is 0.725. The number of aromatic amines is 1. The zero-order valence-electron chi connectivity index (χ0n) is 15.4. The number of fused-ring (bicyclic) bond motifs is 1. The molecule has 6 nitrogen and oxygen atoms in total. The fourth-order valence-electron chi connectivity index (χ4n) is 3.76. The maximum absolute atomic E-state index is 12.0. The third-order valence-electron chi connectivity index (χ3n) is 5.34. The van der Waals surface area contributed by atoms with Crippen molar-refractivity contribution < 1.29 is 4.79 Å². The number of carbonyl (C=O) groups excluding carboxylic acids is 1. The molecular formula is C21H23N5O. The normalized spacial score (nSPS) is 17.1. The Labute approximate surface area is 158 Å². The Hall–Kier alpha value is -3.15. The van der Waals surface area contributed by atoms with Gasteiger partial charge in [0.1, 0.15) is 5.65 Å². The molecule has 0 aliphatic carbocycles. The van der Waals surface area contributed by atoms with Crippen molar-refractivity contribution in [3.8, 4) is 11.1 Å². The highest BCUT2D eigenvalue weighted by Crippen LogP contribution is 2.31. The van der Waals surface area contributed by atoms with E-state index in [1.807, 2.05) is 31.6 Å². The van der Waals surface area contributed by atoms with Crippen LogP contribution in [0.3, 0.4) is 0 Å². The van der Waals surface area contributed by atoms with Crippen molar-refractivity contribution in [1.82, 2.24) is 19.9 Å². The van der Waals surface area contributed by atoms with Gasteiger partial charge in [-0.05, 0) is 42.7 Å². The Morgan fingerprint density at radius 3 is 3.00 bits per heavy atom. The number of piperidine rings is 1. The largest absolute Gasteiger partial charge is 0.368 e. The molecule has 138 valence electrons. The van der Waals surface area contributed by atoms with E-state index in [0.717, 1.165) is 53.8 Å². The molecule has 0 aromatic carbocycles. The van der Waals surface area contributed by atoms with E-state index in [4.69, 9.17) is 0 Å². The van der Waals surface area contributed by atoms with Crippen molar-refractivity contribution in [3.05, 3.63) is 55.6 Å². The van der Waals surface area contributed by atoms with Crippen LogP contribution in [0.1, 0.15) is 12.8 Å². The summed E-state index contributed by atoms with van der Waals surface area (Å²) in [6, 6.07) is 6.38. The van der Waals surface area contributed by atoms with Gasteiger partial charge in [-0.3, -0.25) is 9.78 Å². The van der Waals surface area contributed by atoms with Crippen LogP contribution in [0.4, 0.5) is 5.69 Å². The summed E-state index contributed by atoms with van der Waals surface area (Å²) in [5, 5.41) is 1.09. The molecular weight excluding hydrogens is 338 g/mol. The van der Waals surface area contributed by atoms with Crippen LogP contribution in [0.2, 0.25) is 0 Å². The first-order chi connectivity index (χ1) is 13.2. The fraction of sp³-hybridized carbons (Fsp3) is 0.286. The summed E-state index contributed by atoms with van der Waals surface area (Å²) >= 11 is 0. The van der Waals surface area contributed by atoms with Crippen LogP contribution in [0.15, 0.2) is 55.6 Å². The van der Waals surface area contributed by atoms with Crippen molar-refractivity contribution in [3.63, 3.8) is 0 Å². The van der Waals surface area contributed by atoms with E-state index in [1.54, 1.807) is 17.3 Å². The number of hydrogen-bond acceptors (Lipinski definition) is 4.